The SMILES string of the molecule is Nc1cccc(-c2ccc(Cl)c(C(=O)Nc3cc(C(=O)N[C@H]4CCC[C@H]4O)nn3-c3ccccc3)c2)n1. The number of nitrogens with two attached hydrogens (primary N) is 1. The number of aliphatic hydroxyl groups is 1. The zero-order valence-corrected chi connectivity index (χ0v) is 20.5. The van der Waals surface area contributed by atoms with Gasteiger partial charge in [0.1, 0.15) is 11.6 Å². The smallest absolute Gasteiger partial charge is 0.272 e. The molecule has 1 aliphatic rings. The molecule has 0 bridgehead atoms. The van der Waals surface area contributed by atoms with Gasteiger partial charge in [0, 0.05) is 11.6 Å². The number of carbonyl (C=O) groups is 2. The molecule has 1 aliphatic carbocycles. The number of para-hydroxylation sites is 1. The number of benzene rings is 2. The second kappa shape index (κ2) is 10.4. The van der Waals surface area contributed by atoms with Gasteiger partial charge in [-0.05, 0) is 55.7 Å². The summed E-state index contributed by atoms with van der Waals surface area (Å²) < 4.78 is 1.48. The molecular formula is C27H25ClN6O3. The first-order valence-corrected chi connectivity index (χ1v) is 12.2. The van der Waals surface area contributed by atoms with E-state index in [4.69, 9.17) is 17.3 Å². The van der Waals surface area contributed by atoms with Crippen LogP contribution in [-0.4, -0.2) is 43.8 Å². The van der Waals surface area contributed by atoms with Gasteiger partial charge >= 0.3 is 0 Å². The van der Waals surface area contributed by atoms with Gasteiger partial charge in [0.15, 0.2) is 5.69 Å². The van der Waals surface area contributed by atoms with E-state index in [1.807, 2.05) is 30.3 Å². The molecule has 1 saturated carbocycles. The quantitative estimate of drug-likeness (QED) is 0.305. The molecule has 10 heteroatoms. The third-order valence-corrected chi connectivity index (χ3v) is 6.59. The Labute approximate surface area is 218 Å². The van der Waals surface area contributed by atoms with Crippen molar-refractivity contribution in [3.8, 4) is 16.9 Å². The summed E-state index contributed by atoms with van der Waals surface area (Å²) in [5.41, 5.74) is 8.08. The van der Waals surface area contributed by atoms with Crippen LogP contribution in [0.1, 0.15) is 40.1 Å². The normalized spacial score (nSPS) is 16.9. The van der Waals surface area contributed by atoms with Crippen LogP contribution in [0, 0.1) is 0 Å². The molecule has 2 amide bonds. The molecule has 5 rings (SSSR count). The predicted molar refractivity (Wildman–Crippen MR) is 142 cm³/mol. The van der Waals surface area contributed by atoms with Crippen molar-refractivity contribution in [3.63, 3.8) is 0 Å². The molecule has 1 fully saturated rings. The maximum absolute atomic E-state index is 13.4. The van der Waals surface area contributed by atoms with Gasteiger partial charge in [-0.25, -0.2) is 9.67 Å². The van der Waals surface area contributed by atoms with Gasteiger partial charge in [0.05, 0.1) is 34.1 Å². The number of aliphatic hydroxyl groups excluding tert-OH is 1. The van der Waals surface area contributed by atoms with Crippen LogP contribution < -0.4 is 16.4 Å². The summed E-state index contributed by atoms with van der Waals surface area (Å²) in [7, 11) is 0. The van der Waals surface area contributed by atoms with E-state index in [-0.39, 0.29) is 28.1 Å². The van der Waals surface area contributed by atoms with E-state index < -0.39 is 17.9 Å². The predicted octanol–water partition coefficient (Wildman–Crippen LogP) is 4.07. The number of anilines is 2. The lowest BCUT2D eigenvalue weighted by atomic mass is 10.1. The highest BCUT2D eigenvalue weighted by molar-refractivity contribution is 6.34. The zero-order valence-electron chi connectivity index (χ0n) is 19.8. The Balaban J connectivity index is 1.45. The molecule has 0 unspecified atom stereocenters. The standard InChI is InChI=1S/C27H25ClN6O3/c28-19-13-12-16(20-8-5-11-24(29)30-20)14-18(19)26(36)32-25-15-22(27(37)31-21-9-4-10-23(21)35)33-34(25)17-6-2-1-3-7-17/h1-3,5-8,11-15,21,23,35H,4,9-10H2,(H2,29,30)(H,31,37)(H,32,36)/t21-,23+/m0/s1. The number of nitrogens with zero attached hydrogens (tertiary/aromatic N) is 3. The van der Waals surface area contributed by atoms with Crippen molar-refractivity contribution < 1.29 is 14.7 Å². The van der Waals surface area contributed by atoms with E-state index in [1.54, 1.807) is 36.4 Å². The molecule has 9 nitrogen and oxygen atoms in total. The molecule has 2 heterocycles. The van der Waals surface area contributed by atoms with E-state index >= 15 is 0 Å². The maximum Gasteiger partial charge on any atom is 0.272 e. The number of amides is 2. The Morgan fingerprint density at radius 3 is 2.54 bits per heavy atom. The fourth-order valence-electron chi connectivity index (χ4n) is 4.35. The molecule has 2 aromatic carbocycles. The first-order valence-electron chi connectivity index (χ1n) is 11.9. The molecule has 0 spiro atoms. The average molecular weight is 517 g/mol. The van der Waals surface area contributed by atoms with Crippen molar-refractivity contribution in [2.24, 2.45) is 0 Å². The first kappa shape index (κ1) is 24.5. The van der Waals surface area contributed by atoms with Crippen LogP contribution in [0.25, 0.3) is 16.9 Å². The Morgan fingerprint density at radius 1 is 1.00 bits per heavy atom. The first-order chi connectivity index (χ1) is 17.9. The Morgan fingerprint density at radius 2 is 1.81 bits per heavy atom. The van der Waals surface area contributed by atoms with E-state index in [2.05, 4.69) is 20.7 Å². The molecule has 2 aromatic heterocycles. The monoisotopic (exact) mass is 516 g/mol. The van der Waals surface area contributed by atoms with Crippen LogP contribution in [0.4, 0.5) is 11.6 Å². The van der Waals surface area contributed by atoms with Crippen molar-refractivity contribution in [1.29, 1.82) is 0 Å². The van der Waals surface area contributed by atoms with E-state index in [1.165, 1.54) is 10.7 Å². The number of carbonyl (C=O) groups excluding carboxylic acids is 2. The topological polar surface area (TPSA) is 135 Å². The zero-order chi connectivity index (χ0) is 25.9. The van der Waals surface area contributed by atoms with Gasteiger partial charge < -0.3 is 21.5 Å². The fourth-order valence-corrected chi connectivity index (χ4v) is 4.56. The molecule has 2 atom stereocenters. The number of hydrogen-bond acceptors (Lipinski definition) is 6. The van der Waals surface area contributed by atoms with Crippen LogP contribution in [0.3, 0.4) is 0 Å². The van der Waals surface area contributed by atoms with Crippen molar-refractivity contribution in [1.82, 2.24) is 20.1 Å². The molecule has 37 heavy (non-hydrogen) atoms. The van der Waals surface area contributed by atoms with Crippen molar-refractivity contribution in [3.05, 3.63) is 89.1 Å². The number of aromatic nitrogens is 3. The highest BCUT2D eigenvalue weighted by Gasteiger charge is 2.28. The van der Waals surface area contributed by atoms with Gasteiger partial charge in [-0.15, -0.1) is 0 Å². The minimum atomic E-state index is -0.580. The number of hydrogen-bond donors (Lipinski definition) is 4. The minimum Gasteiger partial charge on any atom is -0.391 e. The minimum absolute atomic E-state index is 0.113. The summed E-state index contributed by atoms with van der Waals surface area (Å²) in [6.45, 7) is 0. The Kier molecular flexibility index (Phi) is 6.89. The number of nitrogens with one attached hydrogen (secondary N) is 2. The van der Waals surface area contributed by atoms with Crippen molar-refractivity contribution in [2.45, 2.75) is 31.4 Å². The third-order valence-electron chi connectivity index (χ3n) is 6.26. The highest BCUT2D eigenvalue weighted by Crippen LogP contribution is 2.27. The van der Waals surface area contributed by atoms with E-state index in [0.717, 1.165) is 6.42 Å². The van der Waals surface area contributed by atoms with Crippen LogP contribution in [0.5, 0.6) is 0 Å². The molecule has 0 aliphatic heterocycles. The number of pyridine rings is 1. The van der Waals surface area contributed by atoms with E-state index in [0.29, 0.717) is 35.6 Å². The lowest BCUT2D eigenvalue weighted by molar-refractivity contribution is 0.0867. The summed E-state index contributed by atoms with van der Waals surface area (Å²) in [5.74, 6) is -0.257. The lowest BCUT2D eigenvalue weighted by Crippen LogP contribution is -2.40. The third kappa shape index (κ3) is 5.32. The Hall–Kier alpha value is -4.21. The summed E-state index contributed by atoms with van der Waals surface area (Å²) in [6, 6.07) is 20.6. The van der Waals surface area contributed by atoms with Gasteiger partial charge in [0.25, 0.3) is 11.8 Å². The molecular weight excluding hydrogens is 492 g/mol. The van der Waals surface area contributed by atoms with Crippen LogP contribution in [0.2, 0.25) is 5.02 Å². The van der Waals surface area contributed by atoms with Crippen LogP contribution in [-0.2, 0) is 0 Å². The summed E-state index contributed by atoms with van der Waals surface area (Å²) in [4.78, 5) is 30.6. The fraction of sp³-hybridized carbons (Fsp3) is 0.185. The summed E-state index contributed by atoms with van der Waals surface area (Å²) in [6.07, 6.45) is 1.61. The summed E-state index contributed by atoms with van der Waals surface area (Å²) >= 11 is 6.38. The second-order valence-electron chi connectivity index (χ2n) is 8.84. The second-order valence-corrected chi connectivity index (χ2v) is 9.24. The van der Waals surface area contributed by atoms with Crippen molar-refractivity contribution >= 4 is 35.1 Å². The summed E-state index contributed by atoms with van der Waals surface area (Å²) in [5, 5.41) is 20.5. The number of nitrogen functional groups attached to an aromatic ring is 1. The molecule has 0 radical (unpaired) electrons. The van der Waals surface area contributed by atoms with Gasteiger partial charge in [-0.1, -0.05) is 41.9 Å². The lowest BCUT2D eigenvalue weighted by Gasteiger charge is -2.15. The number of rotatable bonds is 6. The van der Waals surface area contributed by atoms with Gasteiger partial charge in [-0.3, -0.25) is 9.59 Å². The maximum atomic E-state index is 13.4. The Bertz CT molecular complexity index is 1460. The molecule has 0 saturated heterocycles. The highest BCUT2D eigenvalue weighted by atomic mass is 35.5. The molecule has 188 valence electrons. The van der Waals surface area contributed by atoms with Gasteiger partial charge in [-0.2, -0.15) is 5.10 Å². The number of halogens is 1. The largest absolute Gasteiger partial charge is 0.391 e. The van der Waals surface area contributed by atoms with Crippen LogP contribution in [0.15, 0.2) is 72.8 Å². The van der Waals surface area contributed by atoms with Crippen LogP contribution >= 0.6 is 11.6 Å². The molecule has 5 N–H and O–H groups in total. The molecule has 4 aromatic rings. The van der Waals surface area contributed by atoms with Gasteiger partial charge in [0.2, 0.25) is 0 Å². The van der Waals surface area contributed by atoms with Crippen molar-refractivity contribution in [2.75, 3.05) is 11.1 Å². The van der Waals surface area contributed by atoms with E-state index in [9.17, 15) is 14.7 Å². The average Bonchev–Trinajstić information content (AvgIpc) is 3.50.